The van der Waals surface area contributed by atoms with Gasteiger partial charge in [-0.1, -0.05) is 0 Å². The second kappa shape index (κ2) is 5.75. The first-order chi connectivity index (χ1) is 9.00. The van der Waals surface area contributed by atoms with Crippen LogP contribution in [0.3, 0.4) is 0 Å². The van der Waals surface area contributed by atoms with Crippen molar-refractivity contribution in [2.75, 3.05) is 6.61 Å². The van der Waals surface area contributed by atoms with Crippen LogP contribution in [0.5, 0.6) is 0 Å². The van der Waals surface area contributed by atoms with E-state index in [2.05, 4.69) is 21.0 Å². The van der Waals surface area contributed by atoms with Gasteiger partial charge in [0.05, 0.1) is 22.3 Å². The molecule has 0 spiro atoms. The molecule has 2 rings (SSSR count). The number of ether oxygens (including phenoxy) is 1. The topological polar surface area (TPSA) is 44.1 Å². The zero-order valence-corrected chi connectivity index (χ0v) is 13.4. The molecule has 0 amide bonds. The van der Waals surface area contributed by atoms with Crippen LogP contribution in [-0.2, 0) is 23.0 Å². The Bertz CT molecular complexity index is 476. The van der Waals surface area contributed by atoms with Gasteiger partial charge in [0.2, 0.25) is 0 Å². The summed E-state index contributed by atoms with van der Waals surface area (Å²) in [5.41, 5.74) is 1.31. The molecule has 1 heterocycles. The van der Waals surface area contributed by atoms with Gasteiger partial charge in [-0.05, 0) is 55.5 Å². The Kier molecular flexibility index (Phi) is 4.46. The number of carbonyl (C=O) groups excluding carboxylic acids is 1. The molecule has 1 fully saturated rings. The highest BCUT2D eigenvalue weighted by Crippen LogP contribution is 2.35. The summed E-state index contributed by atoms with van der Waals surface area (Å²) >= 11 is 3.52. The number of aryl methyl sites for hydroxylation is 2. The van der Waals surface area contributed by atoms with E-state index in [1.807, 2.05) is 20.9 Å². The molecule has 1 aromatic rings. The van der Waals surface area contributed by atoms with Crippen LogP contribution >= 0.6 is 15.9 Å². The predicted octanol–water partition coefficient (Wildman–Crippen LogP) is 2.95. The van der Waals surface area contributed by atoms with Crippen LogP contribution in [-0.4, -0.2) is 27.8 Å². The Balaban J connectivity index is 2.20. The van der Waals surface area contributed by atoms with Gasteiger partial charge in [-0.3, -0.25) is 9.48 Å². The van der Waals surface area contributed by atoms with E-state index in [1.165, 1.54) is 0 Å². The molecule has 1 saturated carbocycles. The predicted molar refractivity (Wildman–Crippen MR) is 77.2 cm³/mol. The first-order valence-electron chi connectivity index (χ1n) is 6.85. The lowest BCUT2D eigenvalue weighted by Crippen LogP contribution is -2.40. The van der Waals surface area contributed by atoms with Crippen LogP contribution in [0, 0.1) is 6.92 Å². The summed E-state index contributed by atoms with van der Waals surface area (Å²) in [6, 6.07) is 0. The smallest absolute Gasteiger partial charge is 0.170 e. The second-order valence-corrected chi connectivity index (χ2v) is 6.00. The van der Waals surface area contributed by atoms with Gasteiger partial charge in [0.15, 0.2) is 5.78 Å². The maximum absolute atomic E-state index is 12.7. The number of ketones is 1. The molecule has 1 aromatic heterocycles. The third kappa shape index (κ3) is 2.77. The normalized spacial score (nSPS) is 17.9. The molecule has 0 aromatic carbocycles. The Hall–Kier alpha value is -0.680. The Morgan fingerprint density at radius 3 is 2.58 bits per heavy atom. The highest BCUT2D eigenvalue weighted by atomic mass is 79.9. The molecule has 19 heavy (non-hydrogen) atoms. The maximum atomic E-state index is 12.7. The van der Waals surface area contributed by atoms with Crippen LogP contribution in [0.4, 0.5) is 0 Å². The fourth-order valence-electron chi connectivity index (χ4n) is 2.91. The molecule has 0 bridgehead atoms. The number of aromatic nitrogens is 2. The lowest BCUT2D eigenvalue weighted by Gasteiger charge is -2.27. The van der Waals surface area contributed by atoms with Crippen molar-refractivity contribution in [1.29, 1.82) is 0 Å². The first kappa shape index (κ1) is 14.7. The van der Waals surface area contributed by atoms with E-state index in [0.29, 0.717) is 13.0 Å². The number of rotatable bonds is 5. The van der Waals surface area contributed by atoms with Gasteiger partial charge >= 0.3 is 0 Å². The van der Waals surface area contributed by atoms with Crippen LogP contribution in [0.25, 0.3) is 0 Å². The Labute approximate surface area is 122 Å². The van der Waals surface area contributed by atoms with Crippen LogP contribution in [0.15, 0.2) is 4.47 Å². The minimum Gasteiger partial charge on any atom is -0.367 e. The van der Waals surface area contributed by atoms with Crippen molar-refractivity contribution in [3.8, 4) is 0 Å². The van der Waals surface area contributed by atoms with Crippen molar-refractivity contribution in [1.82, 2.24) is 9.78 Å². The number of hydrogen-bond donors (Lipinski definition) is 0. The molecular formula is C14H21BrN2O2. The van der Waals surface area contributed by atoms with Crippen molar-refractivity contribution in [2.24, 2.45) is 7.05 Å². The molecule has 106 valence electrons. The van der Waals surface area contributed by atoms with Gasteiger partial charge in [0, 0.05) is 13.7 Å². The molecule has 0 atom stereocenters. The highest BCUT2D eigenvalue weighted by Gasteiger charge is 2.41. The van der Waals surface area contributed by atoms with Crippen molar-refractivity contribution < 1.29 is 9.53 Å². The SMILES string of the molecule is CCOC1(C(=O)Cc2c(Br)c(C)nn2C)CCCC1. The van der Waals surface area contributed by atoms with Gasteiger partial charge in [0.1, 0.15) is 5.60 Å². The number of carbonyl (C=O) groups is 1. The summed E-state index contributed by atoms with van der Waals surface area (Å²) in [7, 11) is 1.88. The van der Waals surface area contributed by atoms with Gasteiger partial charge < -0.3 is 4.74 Å². The van der Waals surface area contributed by atoms with E-state index in [4.69, 9.17) is 4.74 Å². The summed E-state index contributed by atoms with van der Waals surface area (Å²) in [4.78, 5) is 12.7. The summed E-state index contributed by atoms with van der Waals surface area (Å²) in [5, 5.41) is 4.34. The molecule has 0 saturated heterocycles. The molecule has 1 aliphatic rings. The number of halogens is 1. The van der Waals surface area contributed by atoms with E-state index < -0.39 is 5.60 Å². The molecule has 0 radical (unpaired) electrons. The van der Waals surface area contributed by atoms with Gasteiger partial charge in [-0.2, -0.15) is 5.10 Å². The maximum Gasteiger partial charge on any atom is 0.170 e. The van der Waals surface area contributed by atoms with Crippen LogP contribution in [0.2, 0.25) is 0 Å². The Morgan fingerprint density at radius 1 is 1.47 bits per heavy atom. The molecule has 4 nitrogen and oxygen atoms in total. The van der Waals surface area contributed by atoms with Crippen molar-refractivity contribution in [3.63, 3.8) is 0 Å². The minimum atomic E-state index is -0.549. The number of nitrogens with zero attached hydrogens (tertiary/aromatic N) is 2. The average Bonchev–Trinajstić information content (AvgIpc) is 2.92. The number of Topliss-reactive ketones (excluding diaryl/α,β-unsaturated/α-hetero) is 1. The molecule has 0 aliphatic heterocycles. The van der Waals surface area contributed by atoms with Gasteiger partial charge in [-0.15, -0.1) is 0 Å². The summed E-state index contributed by atoms with van der Waals surface area (Å²) in [6.45, 7) is 4.49. The zero-order chi connectivity index (χ0) is 14.0. The third-order valence-corrected chi connectivity index (χ3v) is 4.96. The van der Waals surface area contributed by atoms with Crippen LogP contribution in [0.1, 0.15) is 44.0 Å². The molecule has 0 unspecified atom stereocenters. The third-order valence-electron chi connectivity index (χ3n) is 3.93. The summed E-state index contributed by atoms with van der Waals surface area (Å²) in [5.74, 6) is 0.190. The fourth-order valence-corrected chi connectivity index (χ4v) is 3.39. The first-order valence-corrected chi connectivity index (χ1v) is 7.64. The van der Waals surface area contributed by atoms with Gasteiger partial charge in [-0.25, -0.2) is 0 Å². The quantitative estimate of drug-likeness (QED) is 0.834. The molecular weight excluding hydrogens is 308 g/mol. The van der Waals surface area contributed by atoms with E-state index in [9.17, 15) is 4.79 Å². The molecule has 5 heteroatoms. The second-order valence-electron chi connectivity index (χ2n) is 5.20. The summed E-state index contributed by atoms with van der Waals surface area (Å²) < 4.78 is 8.54. The number of hydrogen-bond acceptors (Lipinski definition) is 3. The lowest BCUT2D eigenvalue weighted by molar-refractivity contribution is -0.143. The van der Waals surface area contributed by atoms with E-state index in [1.54, 1.807) is 4.68 Å². The minimum absolute atomic E-state index is 0.190. The van der Waals surface area contributed by atoms with Crippen molar-refractivity contribution in [3.05, 3.63) is 15.9 Å². The van der Waals surface area contributed by atoms with E-state index >= 15 is 0 Å². The average molecular weight is 329 g/mol. The standard InChI is InChI=1S/C14H21BrN2O2/c1-4-19-14(7-5-6-8-14)12(18)9-11-13(15)10(2)16-17(11)3/h4-9H2,1-3H3. The zero-order valence-electron chi connectivity index (χ0n) is 11.8. The molecule has 1 aliphatic carbocycles. The van der Waals surface area contributed by atoms with Crippen LogP contribution < -0.4 is 0 Å². The largest absolute Gasteiger partial charge is 0.367 e. The highest BCUT2D eigenvalue weighted by molar-refractivity contribution is 9.10. The van der Waals surface area contributed by atoms with E-state index in [-0.39, 0.29) is 5.78 Å². The summed E-state index contributed by atoms with van der Waals surface area (Å²) in [6.07, 6.45) is 4.26. The van der Waals surface area contributed by atoms with Gasteiger partial charge in [0.25, 0.3) is 0 Å². The fraction of sp³-hybridized carbons (Fsp3) is 0.714. The monoisotopic (exact) mass is 328 g/mol. The van der Waals surface area contributed by atoms with E-state index in [0.717, 1.165) is 41.5 Å². The van der Waals surface area contributed by atoms with Crippen molar-refractivity contribution >= 4 is 21.7 Å². The Morgan fingerprint density at radius 2 is 2.11 bits per heavy atom. The molecule has 0 N–H and O–H groups in total. The van der Waals surface area contributed by atoms with Crippen molar-refractivity contribution in [2.45, 2.75) is 51.6 Å². The lowest BCUT2D eigenvalue weighted by atomic mass is 9.93.